The Labute approximate surface area is 52.0 Å². The quantitative estimate of drug-likeness (QED) is 0.501. The summed E-state index contributed by atoms with van der Waals surface area (Å²) in [7, 11) is -0.716. The number of hydrogen-bond donors (Lipinski definition) is 1. The van der Waals surface area contributed by atoms with Crippen molar-refractivity contribution < 1.29 is 4.43 Å². The number of rotatable bonds is 1. The largest absolute Gasteiger partial charge is 0.417 e. The van der Waals surface area contributed by atoms with Crippen LogP contribution in [0.5, 0.6) is 0 Å². The van der Waals surface area contributed by atoms with Crippen LogP contribution in [0.25, 0.3) is 0 Å². The van der Waals surface area contributed by atoms with E-state index in [1.165, 1.54) is 12.2 Å². The van der Waals surface area contributed by atoms with E-state index >= 15 is 0 Å². The molecule has 1 saturated heterocycles. The van der Waals surface area contributed by atoms with Crippen LogP contribution in [-0.4, -0.2) is 28.4 Å². The van der Waals surface area contributed by atoms with Crippen LogP contribution < -0.4 is 5.32 Å². The molecule has 0 aromatic heterocycles. The molecule has 1 atom stereocenters. The van der Waals surface area contributed by atoms with Crippen LogP contribution in [-0.2, 0) is 4.43 Å². The normalized spacial score (nSPS) is 30.4. The van der Waals surface area contributed by atoms with Gasteiger partial charge >= 0.3 is 0 Å². The lowest BCUT2D eigenvalue weighted by atomic mass is 10.7. The summed E-state index contributed by atoms with van der Waals surface area (Å²) < 4.78 is 5.50. The predicted molar refractivity (Wildman–Crippen MR) is 36.5 cm³/mol. The molecule has 1 fully saturated rings. The van der Waals surface area contributed by atoms with Gasteiger partial charge in [0.05, 0.1) is 0 Å². The maximum absolute atomic E-state index is 5.50. The van der Waals surface area contributed by atoms with E-state index in [-0.39, 0.29) is 0 Å². The van der Waals surface area contributed by atoms with Crippen molar-refractivity contribution in [2.75, 3.05) is 19.3 Å². The SMILES string of the molecule is CC[SiH]1CNCCO1. The monoisotopic (exact) mass is 131 g/mol. The van der Waals surface area contributed by atoms with Gasteiger partial charge in [0.25, 0.3) is 0 Å². The van der Waals surface area contributed by atoms with Crippen molar-refractivity contribution >= 4 is 9.04 Å². The first-order valence-corrected chi connectivity index (χ1v) is 5.36. The van der Waals surface area contributed by atoms with Crippen molar-refractivity contribution in [2.45, 2.75) is 13.0 Å². The fraction of sp³-hybridized carbons (Fsp3) is 1.00. The minimum Gasteiger partial charge on any atom is -0.417 e. The lowest BCUT2D eigenvalue weighted by molar-refractivity contribution is 0.292. The summed E-state index contributed by atoms with van der Waals surface area (Å²) in [5.74, 6) is 0. The summed E-state index contributed by atoms with van der Waals surface area (Å²) in [6, 6.07) is 1.27. The summed E-state index contributed by atoms with van der Waals surface area (Å²) in [5.41, 5.74) is 0. The van der Waals surface area contributed by atoms with Crippen LogP contribution in [0.15, 0.2) is 0 Å². The first-order chi connectivity index (χ1) is 3.93. The Kier molecular flexibility index (Phi) is 2.52. The van der Waals surface area contributed by atoms with E-state index < -0.39 is 9.04 Å². The average molecular weight is 131 g/mol. The molecule has 0 amide bonds. The molecule has 1 rings (SSSR count). The fourth-order valence-corrected chi connectivity index (χ4v) is 2.50. The van der Waals surface area contributed by atoms with Crippen LogP contribution in [0.4, 0.5) is 0 Å². The second kappa shape index (κ2) is 3.22. The molecule has 2 nitrogen and oxygen atoms in total. The van der Waals surface area contributed by atoms with Crippen LogP contribution in [0, 0.1) is 0 Å². The summed E-state index contributed by atoms with van der Waals surface area (Å²) in [4.78, 5) is 0. The smallest absolute Gasteiger partial charge is 0.190 e. The Morgan fingerprint density at radius 2 is 2.62 bits per heavy atom. The third kappa shape index (κ3) is 1.58. The van der Waals surface area contributed by atoms with Gasteiger partial charge in [0.1, 0.15) is 0 Å². The molecule has 0 aromatic rings. The molecular weight excluding hydrogens is 118 g/mol. The second-order valence-electron chi connectivity index (χ2n) is 2.11. The lowest BCUT2D eigenvalue weighted by Crippen LogP contribution is -2.41. The second-order valence-corrected chi connectivity index (χ2v) is 4.91. The van der Waals surface area contributed by atoms with Crippen molar-refractivity contribution in [2.24, 2.45) is 0 Å². The Morgan fingerprint density at radius 1 is 1.75 bits per heavy atom. The third-order valence-electron chi connectivity index (χ3n) is 1.46. The van der Waals surface area contributed by atoms with Crippen molar-refractivity contribution in [3.05, 3.63) is 0 Å². The minimum absolute atomic E-state index is 0.716. The van der Waals surface area contributed by atoms with Gasteiger partial charge < -0.3 is 9.74 Å². The van der Waals surface area contributed by atoms with Gasteiger partial charge in [-0.3, -0.25) is 0 Å². The molecule has 0 aliphatic carbocycles. The highest BCUT2D eigenvalue weighted by atomic mass is 28.3. The molecule has 1 heterocycles. The highest BCUT2D eigenvalue weighted by Crippen LogP contribution is 1.94. The molecule has 1 unspecified atom stereocenters. The third-order valence-corrected chi connectivity index (χ3v) is 3.82. The van der Waals surface area contributed by atoms with Gasteiger partial charge in [0, 0.05) is 19.3 Å². The van der Waals surface area contributed by atoms with Crippen LogP contribution in [0.1, 0.15) is 6.92 Å². The summed E-state index contributed by atoms with van der Waals surface area (Å²) in [6.07, 6.45) is 1.18. The van der Waals surface area contributed by atoms with Gasteiger partial charge in [-0.1, -0.05) is 6.92 Å². The van der Waals surface area contributed by atoms with E-state index in [1.54, 1.807) is 0 Å². The van der Waals surface area contributed by atoms with E-state index in [2.05, 4.69) is 12.2 Å². The zero-order valence-electron chi connectivity index (χ0n) is 5.31. The van der Waals surface area contributed by atoms with Crippen molar-refractivity contribution in [1.82, 2.24) is 5.32 Å². The molecular formula is C5H13NOSi. The predicted octanol–water partition coefficient (Wildman–Crippen LogP) is -0.111. The minimum atomic E-state index is -0.716. The first kappa shape index (κ1) is 6.26. The van der Waals surface area contributed by atoms with Gasteiger partial charge in [-0.15, -0.1) is 0 Å². The molecule has 48 valence electrons. The van der Waals surface area contributed by atoms with Crippen molar-refractivity contribution in [3.8, 4) is 0 Å². The van der Waals surface area contributed by atoms with Crippen LogP contribution >= 0.6 is 0 Å². The number of nitrogens with one attached hydrogen (secondary N) is 1. The Balaban J connectivity index is 2.13. The van der Waals surface area contributed by atoms with E-state index in [4.69, 9.17) is 4.43 Å². The van der Waals surface area contributed by atoms with E-state index in [1.807, 2.05) is 0 Å². The van der Waals surface area contributed by atoms with E-state index in [0.29, 0.717) is 0 Å². The molecule has 1 N–H and O–H groups in total. The maximum Gasteiger partial charge on any atom is 0.190 e. The van der Waals surface area contributed by atoms with Crippen molar-refractivity contribution in [3.63, 3.8) is 0 Å². The lowest BCUT2D eigenvalue weighted by Gasteiger charge is -2.20. The van der Waals surface area contributed by atoms with E-state index in [9.17, 15) is 0 Å². The molecule has 1 aliphatic heterocycles. The molecule has 0 radical (unpaired) electrons. The van der Waals surface area contributed by atoms with Gasteiger partial charge in [0.15, 0.2) is 9.04 Å². The zero-order valence-corrected chi connectivity index (χ0v) is 6.47. The molecule has 0 saturated carbocycles. The Hall–Kier alpha value is 0.137. The summed E-state index contributed by atoms with van der Waals surface area (Å²) >= 11 is 0. The summed E-state index contributed by atoms with van der Waals surface area (Å²) in [5, 5.41) is 3.32. The highest BCUT2D eigenvalue weighted by Gasteiger charge is 2.11. The van der Waals surface area contributed by atoms with E-state index in [0.717, 1.165) is 13.2 Å². The zero-order chi connectivity index (χ0) is 5.82. The molecule has 8 heavy (non-hydrogen) atoms. The Bertz CT molecular complexity index is 63.4. The van der Waals surface area contributed by atoms with Crippen LogP contribution in [0.2, 0.25) is 6.04 Å². The average Bonchev–Trinajstić information content (AvgIpc) is 1.90. The van der Waals surface area contributed by atoms with Gasteiger partial charge in [-0.25, -0.2) is 0 Å². The van der Waals surface area contributed by atoms with Gasteiger partial charge in [0.2, 0.25) is 0 Å². The van der Waals surface area contributed by atoms with Crippen molar-refractivity contribution in [1.29, 1.82) is 0 Å². The standard InChI is InChI=1S/C5H13NOSi/c1-2-8-5-6-3-4-7-8/h6,8H,2-5H2,1H3. The fourth-order valence-electron chi connectivity index (χ4n) is 0.882. The van der Waals surface area contributed by atoms with Crippen LogP contribution in [0.3, 0.4) is 0 Å². The maximum atomic E-state index is 5.50. The highest BCUT2D eigenvalue weighted by molar-refractivity contribution is 6.52. The number of hydrogen-bond acceptors (Lipinski definition) is 2. The van der Waals surface area contributed by atoms with Gasteiger partial charge in [-0.2, -0.15) is 0 Å². The molecule has 1 aliphatic rings. The molecule has 3 heteroatoms. The Morgan fingerprint density at radius 3 is 3.00 bits per heavy atom. The molecule has 0 spiro atoms. The molecule has 0 aromatic carbocycles. The summed E-state index contributed by atoms with van der Waals surface area (Å²) in [6.45, 7) is 4.22. The topological polar surface area (TPSA) is 21.3 Å². The molecule has 0 bridgehead atoms. The first-order valence-electron chi connectivity index (χ1n) is 3.26. The van der Waals surface area contributed by atoms with Gasteiger partial charge in [-0.05, 0) is 6.04 Å².